The van der Waals surface area contributed by atoms with E-state index in [2.05, 4.69) is 476 Å². The number of unbranched alkanes of at least 4 members (excludes halogenated alkanes) is 1. The molecule has 0 aromatic heterocycles. The van der Waals surface area contributed by atoms with Crippen molar-refractivity contribution >= 4 is 83.4 Å². The van der Waals surface area contributed by atoms with Crippen molar-refractivity contribution in [1.29, 1.82) is 0 Å². The molecule has 0 bridgehead atoms. The smallest absolute Gasteiger partial charge is 1.00 e. The Morgan fingerprint density at radius 2 is 0.629 bits per heavy atom. The summed E-state index contributed by atoms with van der Waals surface area (Å²) in [4.78, 5) is 0. The second-order valence-corrected chi connectivity index (χ2v) is 78.3. The number of allylic oxidation sites excluding steroid dienone is 20. The summed E-state index contributed by atoms with van der Waals surface area (Å²) in [5.74, 6) is 11.6. The zero-order chi connectivity index (χ0) is 101. The average Bonchev–Trinajstić information content (AvgIpc) is 1.57. The van der Waals surface area contributed by atoms with Gasteiger partial charge in [-0.25, -0.2) is 0 Å². The molecule has 0 saturated heterocycles. The molecule has 0 radical (unpaired) electrons. The van der Waals surface area contributed by atoms with Gasteiger partial charge in [0, 0.05) is 11.8 Å². The molecule has 9 aliphatic rings. The van der Waals surface area contributed by atoms with Gasteiger partial charge in [-0.2, -0.15) is 6.42 Å². The zero-order valence-corrected chi connectivity index (χ0v) is 105. The molecular formula is C132H179Cl6Li3Zr2. The van der Waals surface area contributed by atoms with E-state index in [0.717, 1.165) is 36.5 Å². The van der Waals surface area contributed by atoms with Crippen molar-refractivity contribution in [2.75, 3.05) is 0 Å². The van der Waals surface area contributed by atoms with Crippen molar-refractivity contribution in [1.82, 2.24) is 0 Å². The van der Waals surface area contributed by atoms with E-state index >= 15 is 0 Å². The molecule has 0 aliphatic heterocycles. The number of fused-ring (bicyclic) bond motifs is 9. The van der Waals surface area contributed by atoms with Crippen molar-refractivity contribution < 1.29 is 95.8 Å². The second kappa shape index (κ2) is 51.5. The molecule has 0 spiro atoms. The maximum absolute atomic E-state index is 5.04. The number of rotatable bonds is 12. The first-order valence-electron chi connectivity index (χ1n) is 52.4. The second-order valence-electron chi connectivity index (χ2n) is 52.2. The van der Waals surface area contributed by atoms with E-state index < -0.39 is 36.3 Å². The Kier molecular flexibility index (Phi) is 45.8. The molecule has 17 unspecified atom stereocenters. The molecule has 17 atom stereocenters. The van der Waals surface area contributed by atoms with Crippen LogP contribution < -0.4 is 56.6 Å². The summed E-state index contributed by atoms with van der Waals surface area (Å²) in [6.07, 6.45) is 42.9. The van der Waals surface area contributed by atoms with E-state index in [-0.39, 0.29) is 124 Å². The van der Waals surface area contributed by atoms with E-state index in [9.17, 15) is 0 Å². The molecule has 8 aromatic rings. The molecule has 760 valence electrons. The summed E-state index contributed by atoms with van der Waals surface area (Å²) in [6, 6.07) is 67.6. The minimum atomic E-state index is -3.29. The van der Waals surface area contributed by atoms with E-state index in [1.807, 2.05) is 0 Å². The van der Waals surface area contributed by atoms with Gasteiger partial charge in [0.2, 0.25) is 0 Å². The topological polar surface area (TPSA) is 0 Å². The van der Waals surface area contributed by atoms with Gasteiger partial charge >= 0.3 is 144 Å². The number of hydrogen-bond acceptors (Lipinski definition) is 0. The van der Waals surface area contributed by atoms with Crippen molar-refractivity contribution in [3.05, 3.63) is 355 Å². The Labute approximate surface area is 949 Å². The molecule has 4 saturated carbocycles. The molecule has 143 heavy (non-hydrogen) atoms. The van der Waals surface area contributed by atoms with Crippen LogP contribution in [0.4, 0.5) is 0 Å². The third-order valence-electron chi connectivity index (χ3n) is 33.5. The fraction of sp³-hybridized carbons (Fsp3) is 0.508. The normalized spacial score (nSPS) is 25.1. The SMILES string of the molecule is CC1=C(C(c2cccc3ccccc23)C(c2ccc(C(C)(C)C)cc2)c2ccc(C(C)(C)C)cc2)C=C(C(C)(C)C)C1.CC1CC(C(C)(C)C)CC1C(c1cccc2ccccc12)C1C2C=CC(C(C)(C)C)=CC2C2C=C(C(C)(C)C)C=CC21.CC1CC(C(C)(C)C)CC1C(c1cccc2ccccc12)C1C2C=CC(C(C)(C)C)=CC2C2C=C(C(C)(C)C)C=CC21.[CH2-]CCC.[CH3-].[CH3-].[Cl][Zr+2][Cl].[Cl][Zr]([Cl])([Cl])[Cl].[H-].[H-].[Li+].[Li+].[Li+]. The monoisotopic (exact) mass is 2180 g/mol. The van der Waals surface area contributed by atoms with Crippen LogP contribution in [0.15, 0.2) is 294 Å². The van der Waals surface area contributed by atoms with E-state index in [0.29, 0.717) is 93.7 Å². The van der Waals surface area contributed by atoms with Gasteiger partial charge in [-0.1, -0.05) is 480 Å². The quantitative estimate of drug-likeness (QED) is 0.0845. The molecule has 11 heteroatoms. The molecule has 0 heterocycles. The van der Waals surface area contributed by atoms with Crippen LogP contribution >= 0.6 is 51.1 Å². The minimum Gasteiger partial charge on any atom is -1.00 e. The Morgan fingerprint density at radius 3 is 0.874 bits per heavy atom. The molecular weight excluding hydrogens is 2000 g/mol. The first kappa shape index (κ1) is 127. The van der Waals surface area contributed by atoms with E-state index in [1.165, 1.54) is 131 Å². The van der Waals surface area contributed by atoms with Crippen LogP contribution in [0.1, 0.15) is 325 Å². The van der Waals surface area contributed by atoms with Crippen LogP contribution in [0, 0.1) is 154 Å². The Hall–Kier alpha value is -2.76. The fourth-order valence-corrected chi connectivity index (χ4v) is 25.4. The van der Waals surface area contributed by atoms with E-state index in [1.54, 1.807) is 11.1 Å². The molecule has 0 amide bonds. The van der Waals surface area contributed by atoms with Gasteiger partial charge in [0.1, 0.15) is 0 Å². The molecule has 8 aromatic carbocycles. The van der Waals surface area contributed by atoms with Crippen LogP contribution in [-0.2, 0) is 47.2 Å². The van der Waals surface area contributed by atoms with Crippen LogP contribution in [0.5, 0.6) is 0 Å². The van der Waals surface area contributed by atoms with Crippen molar-refractivity contribution in [3.63, 3.8) is 0 Å². The van der Waals surface area contributed by atoms with Gasteiger partial charge in [-0.05, 0) is 293 Å². The number of halogens is 6. The standard InChI is InChI=1S/2C42H56.C42H50.C4H9.2CH3.6ClH.3Li.2Zr.2H/c2*1-26-22-30(42(8,9)10)25-35(26)39(32-17-13-15-27-14-11-12-16-31(27)32)38-33-20-18-28(40(2,3)4)23-36(33)37-24-29(41(5,6)7)19-21-34(37)38;1-28-26-34(42(8,9)10)27-37(28)39(36-17-13-15-29-14-11-12-16-35(29)36)38(30-18-22-32(23-19-30)40(2,3)4)31-20-24-33(25-21-31)41(5,6)7;1-3-4-2;;;;;;;;;;;;;;;/h2*11-21,23-24,26,30,33-39H,22,25H2,1-10H3;11-25,27,38-39H,26H2,1-10H3;1,3-4H2,2H3;2*1H3;6*1H;;;;;;;/q;;;3*-1;;;;;;;3*+1;2*+4;2*-1/p-6. The van der Waals surface area contributed by atoms with Gasteiger partial charge < -0.3 is 24.6 Å². The third-order valence-corrected chi connectivity index (χ3v) is 33.5. The summed E-state index contributed by atoms with van der Waals surface area (Å²) in [7, 11) is 30.0. The third kappa shape index (κ3) is 30.9. The van der Waals surface area contributed by atoms with E-state index in [4.69, 9.17) is 51.1 Å². The molecule has 4 fully saturated rings. The maximum atomic E-state index is 5.04. The van der Waals surface area contributed by atoms with Gasteiger partial charge in [-0.3, -0.25) is 0 Å². The van der Waals surface area contributed by atoms with Crippen molar-refractivity contribution in [3.8, 4) is 0 Å². The first-order chi connectivity index (χ1) is 64.3. The number of hydrogen-bond donors (Lipinski definition) is 0. The summed E-state index contributed by atoms with van der Waals surface area (Å²) < 4.78 is 0. The number of benzene rings is 8. The average molecular weight is 2180 g/mol. The molecule has 9 aliphatic carbocycles. The Balaban J connectivity index is 0.000000353. The Bertz CT molecular complexity index is 5450. The maximum Gasteiger partial charge on any atom is 1.00 e. The minimum absolute atomic E-state index is 0. The van der Waals surface area contributed by atoms with Crippen LogP contribution in [0.2, 0.25) is 0 Å². The predicted molar refractivity (Wildman–Crippen MR) is 619 cm³/mol. The van der Waals surface area contributed by atoms with Gasteiger partial charge in [0.05, 0.1) is 0 Å². The summed E-state index contributed by atoms with van der Waals surface area (Å²) in [5.41, 5.74) is 22.5. The summed E-state index contributed by atoms with van der Waals surface area (Å²) in [6.45, 7) is 77.6. The first-order valence-corrected chi connectivity index (χ1v) is 71.4. The summed E-state index contributed by atoms with van der Waals surface area (Å²) in [5, 5.41) is 8.41. The molecule has 17 rings (SSSR count). The molecule has 0 nitrogen and oxygen atoms in total. The van der Waals surface area contributed by atoms with Crippen molar-refractivity contribution in [2.45, 2.75) is 294 Å². The van der Waals surface area contributed by atoms with Gasteiger partial charge in [0.25, 0.3) is 0 Å². The van der Waals surface area contributed by atoms with Gasteiger partial charge in [0.15, 0.2) is 0 Å². The Morgan fingerprint density at radius 1 is 0.364 bits per heavy atom. The zero-order valence-electron chi connectivity index (χ0n) is 97.2. The largest absolute Gasteiger partial charge is 1.00 e. The molecule has 0 N–H and O–H groups in total. The van der Waals surface area contributed by atoms with Gasteiger partial charge in [-0.15, -0.1) is 0 Å². The van der Waals surface area contributed by atoms with Crippen LogP contribution in [0.3, 0.4) is 0 Å². The van der Waals surface area contributed by atoms with Crippen molar-refractivity contribution in [2.24, 2.45) is 133 Å². The fourth-order valence-electron chi connectivity index (χ4n) is 25.4. The predicted octanol–water partition coefficient (Wildman–Crippen LogP) is 33.6. The van der Waals surface area contributed by atoms with Crippen LogP contribution in [-0.4, -0.2) is 0 Å². The summed E-state index contributed by atoms with van der Waals surface area (Å²) >= 11 is -4.12. The van der Waals surface area contributed by atoms with Crippen LogP contribution in [0.25, 0.3) is 32.3 Å².